The molecule has 0 unspecified atom stereocenters. The summed E-state index contributed by atoms with van der Waals surface area (Å²) in [6.45, 7) is 0. The first-order valence-electron chi connectivity index (χ1n) is 8.31. The maximum absolute atomic E-state index is 10.8. The normalized spacial score (nSPS) is 26.7. The molecule has 0 aromatic carbocycles. The van der Waals surface area contributed by atoms with Gasteiger partial charge in [0.1, 0.15) is 0 Å². The molecule has 3 heterocycles. The van der Waals surface area contributed by atoms with Gasteiger partial charge in [-0.3, -0.25) is 0 Å². The number of anilines is 1. The molecule has 0 aliphatic carbocycles. The van der Waals surface area contributed by atoms with Crippen LogP contribution in [0.5, 0.6) is 0 Å². The van der Waals surface area contributed by atoms with Crippen molar-refractivity contribution in [3.8, 4) is 0 Å². The molecule has 12 heteroatoms. The van der Waals surface area contributed by atoms with Crippen LogP contribution in [0.15, 0.2) is 12.7 Å². The van der Waals surface area contributed by atoms with Crippen molar-refractivity contribution < 1.29 is 24.9 Å². The number of carboxylic acid groups (broad SMARTS) is 1. The summed E-state index contributed by atoms with van der Waals surface area (Å²) in [4.78, 5) is 23.0. The van der Waals surface area contributed by atoms with Crippen LogP contribution in [0, 0.1) is 0 Å². The fraction of sp³-hybridized carbons (Fsp3) is 0.600. The maximum atomic E-state index is 10.8. The number of aromatic nitrogens is 4. The Balaban J connectivity index is 1.68. The number of aliphatic hydroxyl groups excluding tert-OH is 2. The predicted molar refractivity (Wildman–Crippen MR) is 97.1 cm³/mol. The van der Waals surface area contributed by atoms with Gasteiger partial charge >= 0.3 is 159 Å². The number of carboxylic acids is 1. The Morgan fingerprint density at radius 2 is 2.11 bits per heavy atom. The van der Waals surface area contributed by atoms with Crippen molar-refractivity contribution in [3.63, 3.8) is 0 Å². The SMILES string of the molecule is C[Se](CC[C@H](N)C(=O)O)C[C@H]1O[C@@H](n2cnc3c(N)ncnc32)[C@H](O)[C@@H]1O. The molecule has 0 bridgehead atoms. The summed E-state index contributed by atoms with van der Waals surface area (Å²) in [6.07, 6.45) is -0.486. The van der Waals surface area contributed by atoms with Crippen molar-refractivity contribution in [1.82, 2.24) is 19.5 Å². The number of imidazole rings is 1. The Bertz CT molecular complexity index is 819. The number of aliphatic carboxylic acids is 1. The van der Waals surface area contributed by atoms with E-state index in [0.29, 0.717) is 28.2 Å². The molecule has 0 saturated carbocycles. The van der Waals surface area contributed by atoms with Gasteiger partial charge in [0.15, 0.2) is 0 Å². The van der Waals surface area contributed by atoms with Gasteiger partial charge in [0.2, 0.25) is 0 Å². The Morgan fingerprint density at radius 3 is 2.81 bits per heavy atom. The monoisotopic (exact) mass is 447 g/mol. The third kappa shape index (κ3) is 4.05. The third-order valence-corrected chi connectivity index (χ3v) is 8.38. The van der Waals surface area contributed by atoms with E-state index in [1.165, 1.54) is 17.2 Å². The molecule has 5 atom stereocenters. The zero-order valence-electron chi connectivity index (χ0n) is 14.7. The number of hydrogen-bond acceptors (Lipinski definition) is 9. The van der Waals surface area contributed by atoms with E-state index in [-0.39, 0.29) is 5.82 Å². The van der Waals surface area contributed by atoms with Crippen molar-refractivity contribution in [2.45, 2.75) is 53.5 Å². The van der Waals surface area contributed by atoms with E-state index in [1.54, 1.807) is 0 Å². The molecule has 1 saturated heterocycles. The van der Waals surface area contributed by atoms with Gasteiger partial charge in [-0.2, -0.15) is 0 Å². The minimum atomic E-state index is -1.25. The first-order chi connectivity index (χ1) is 12.8. The molecule has 1 radical (unpaired) electrons. The van der Waals surface area contributed by atoms with E-state index in [9.17, 15) is 15.0 Å². The van der Waals surface area contributed by atoms with Crippen LogP contribution in [-0.4, -0.2) is 79.1 Å². The second-order valence-electron chi connectivity index (χ2n) is 6.51. The van der Waals surface area contributed by atoms with Crippen LogP contribution in [-0.2, 0) is 9.53 Å². The van der Waals surface area contributed by atoms with Gasteiger partial charge in [0.05, 0.1) is 0 Å². The van der Waals surface area contributed by atoms with E-state index >= 15 is 0 Å². The summed E-state index contributed by atoms with van der Waals surface area (Å²) in [5, 5.41) is 31.0. The number of nitrogens with zero attached hydrogens (tertiary/aromatic N) is 4. The quantitative estimate of drug-likeness (QED) is 0.329. The van der Waals surface area contributed by atoms with Crippen molar-refractivity contribution in [1.29, 1.82) is 0 Å². The van der Waals surface area contributed by atoms with Gasteiger partial charge in [-0.05, 0) is 0 Å². The molecular weight excluding hydrogens is 423 g/mol. The van der Waals surface area contributed by atoms with Crippen molar-refractivity contribution in [2.24, 2.45) is 5.73 Å². The number of rotatable bonds is 7. The van der Waals surface area contributed by atoms with Gasteiger partial charge in [-0.1, -0.05) is 0 Å². The molecule has 3 rings (SSSR count). The molecule has 2 aromatic heterocycles. The van der Waals surface area contributed by atoms with Gasteiger partial charge in [0.25, 0.3) is 0 Å². The number of carbonyl (C=O) groups is 1. The molecule has 27 heavy (non-hydrogen) atoms. The first-order valence-corrected chi connectivity index (χ1v) is 12.4. The molecule has 2 aromatic rings. The number of hydrogen-bond donors (Lipinski definition) is 5. The molecule has 0 spiro atoms. The van der Waals surface area contributed by atoms with E-state index < -0.39 is 50.5 Å². The molecule has 1 aliphatic heterocycles. The standard InChI is InChI=1S/C15H23N6O5Se/c1-27(3-2-7(16)15(24)25)4-8-10(22)11(23)14(26-8)21-6-20-9-12(17)18-5-19-13(9)21/h5-8,10-11,14,22-23H,2-4,16H2,1H3,(H,24,25)(H2,17,18,19)/t7-,8+,10+,11+,14+/m0/s1. The minimum absolute atomic E-state index is 0.221. The van der Waals surface area contributed by atoms with E-state index in [2.05, 4.69) is 15.0 Å². The molecule has 149 valence electrons. The van der Waals surface area contributed by atoms with Crippen LogP contribution < -0.4 is 11.5 Å². The average molecular weight is 446 g/mol. The van der Waals surface area contributed by atoms with Gasteiger partial charge in [-0.15, -0.1) is 0 Å². The molecule has 11 nitrogen and oxygen atoms in total. The summed E-state index contributed by atoms with van der Waals surface area (Å²) >= 11 is -1.25. The molecule has 1 fully saturated rings. The van der Waals surface area contributed by atoms with Crippen molar-refractivity contribution >= 4 is 36.9 Å². The Kier molecular flexibility index (Phi) is 5.94. The third-order valence-electron chi connectivity index (χ3n) is 4.54. The van der Waals surface area contributed by atoms with Gasteiger partial charge in [0, 0.05) is 0 Å². The van der Waals surface area contributed by atoms with Crippen molar-refractivity contribution in [3.05, 3.63) is 12.7 Å². The fourth-order valence-corrected chi connectivity index (χ4v) is 6.45. The van der Waals surface area contributed by atoms with E-state index in [1.807, 2.05) is 5.82 Å². The predicted octanol–water partition coefficient (Wildman–Crippen LogP) is -1.05. The van der Waals surface area contributed by atoms with Crippen molar-refractivity contribution in [2.75, 3.05) is 5.73 Å². The van der Waals surface area contributed by atoms with Crippen LogP contribution in [0.3, 0.4) is 0 Å². The zero-order chi connectivity index (χ0) is 19.7. The van der Waals surface area contributed by atoms with E-state index in [4.69, 9.17) is 21.3 Å². The van der Waals surface area contributed by atoms with Crippen LogP contribution in [0.1, 0.15) is 12.6 Å². The van der Waals surface area contributed by atoms with Crippen LogP contribution in [0.25, 0.3) is 11.2 Å². The number of fused-ring (bicyclic) bond motifs is 1. The average Bonchev–Trinajstić information content (AvgIpc) is 3.17. The number of ether oxygens (including phenoxy) is 1. The summed E-state index contributed by atoms with van der Waals surface area (Å²) < 4.78 is 7.44. The summed E-state index contributed by atoms with van der Waals surface area (Å²) in [7, 11) is 0. The second-order valence-corrected chi connectivity index (χ2v) is 11.3. The Labute approximate surface area is 159 Å². The van der Waals surface area contributed by atoms with Gasteiger partial charge in [-0.25, -0.2) is 0 Å². The summed E-state index contributed by atoms with van der Waals surface area (Å²) in [5.41, 5.74) is 12.1. The van der Waals surface area contributed by atoms with Crippen LogP contribution in [0.2, 0.25) is 16.5 Å². The molecular formula is C15H23N6O5Se. The van der Waals surface area contributed by atoms with Gasteiger partial charge < -0.3 is 0 Å². The van der Waals surface area contributed by atoms with Crippen LogP contribution in [0.4, 0.5) is 5.82 Å². The number of aliphatic hydroxyl groups is 2. The first kappa shape index (κ1) is 19.9. The van der Waals surface area contributed by atoms with E-state index in [0.717, 1.165) is 0 Å². The Morgan fingerprint density at radius 1 is 1.37 bits per heavy atom. The molecule has 7 N–H and O–H groups in total. The number of nitrogen functional groups attached to an aromatic ring is 1. The fourth-order valence-electron chi connectivity index (χ4n) is 2.97. The Hall–Kier alpha value is -1.82. The topological polar surface area (TPSA) is 183 Å². The molecule has 0 amide bonds. The van der Waals surface area contributed by atoms with Crippen LogP contribution >= 0.6 is 0 Å². The molecule has 1 aliphatic rings. The summed E-state index contributed by atoms with van der Waals surface area (Å²) in [6, 6.07) is -0.883. The summed E-state index contributed by atoms with van der Waals surface area (Å²) in [5.74, 6) is 1.25. The second kappa shape index (κ2) is 8.05. The number of nitrogens with two attached hydrogens (primary N) is 2. The zero-order valence-corrected chi connectivity index (χ0v) is 16.4.